The van der Waals surface area contributed by atoms with E-state index in [0.717, 1.165) is 6.42 Å². The van der Waals surface area contributed by atoms with Gasteiger partial charge in [0.25, 0.3) is 0 Å². The van der Waals surface area contributed by atoms with Crippen molar-refractivity contribution in [2.45, 2.75) is 19.4 Å². The van der Waals surface area contributed by atoms with Crippen LogP contribution in [0.25, 0.3) is 0 Å². The van der Waals surface area contributed by atoms with Gasteiger partial charge in [0.05, 0.1) is 0 Å². The largest absolute Gasteiger partial charge is 0.393 e. The standard InChI is InChI=1S/C4H7NO/c1-4-2-3-5-6-4/h3-4H,2H2,1H3/t4-/m1/s1. The van der Waals surface area contributed by atoms with Gasteiger partial charge in [-0.25, -0.2) is 0 Å². The molecule has 0 aromatic rings. The van der Waals surface area contributed by atoms with Crippen molar-refractivity contribution in [3.63, 3.8) is 0 Å². The van der Waals surface area contributed by atoms with E-state index in [2.05, 4.69) is 5.16 Å². The molecule has 1 rings (SSSR count). The molecule has 1 atom stereocenters. The normalized spacial score (nSPS) is 30.5. The number of rotatable bonds is 0. The van der Waals surface area contributed by atoms with Gasteiger partial charge in [-0.3, -0.25) is 0 Å². The summed E-state index contributed by atoms with van der Waals surface area (Å²) in [5, 5.41) is 3.54. The van der Waals surface area contributed by atoms with Crippen LogP contribution in [-0.2, 0) is 4.84 Å². The molecule has 0 spiro atoms. The van der Waals surface area contributed by atoms with Crippen LogP contribution >= 0.6 is 0 Å². The maximum absolute atomic E-state index is 4.72. The molecule has 0 saturated heterocycles. The van der Waals surface area contributed by atoms with E-state index in [1.807, 2.05) is 6.92 Å². The third kappa shape index (κ3) is 0.506. The third-order valence-corrected chi connectivity index (χ3v) is 0.753. The fraction of sp³-hybridized carbons (Fsp3) is 0.750. The highest BCUT2D eigenvalue weighted by Crippen LogP contribution is 2.00. The minimum atomic E-state index is 0.324. The van der Waals surface area contributed by atoms with E-state index < -0.39 is 0 Å². The summed E-state index contributed by atoms with van der Waals surface area (Å²) in [7, 11) is 0. The first-order chi connectivity index (χ1) is 2.89. The van der Waals surface area contributed by atoms with Gasteiger partial charge in [0, 0.05) is 12.6 Å². The molecule has 1 heterocycles. The molecule has 0 fully saturated rings. The Morgan fingerprint density at radius 2 is 2.83 bits per heavy atom. The second kappa shape index (κ2) is 1.29. The summed E-state index contributed by atoms with van der Waals surface area (Å²) in [5.41, 5.74) is 0. The highest BCUT2D eigenvalue weighted by molar-refractivity contribution is 5.58. The molecular weight excluding hydrogens is 78.0 g/mol. The predicted molar refractivity (Wildman–Crippen MR) is 23.7 cm³/mol. The predicted octanol–water partition coefficient (Wildman–Crippen LogP) is 0.781. The van der Waals surface area contributed by atoms with Gasteiger partial charge in [-0.05, 0) is 6.92 Å². The Balaban J connectivity index is 2.32. The molecule has 2 heteroatoms. The monoisotopic (exact) mass is 85.1 g/mol. The second-order valence-electron chi connectivity index (χ2n) is 1.44. The summed E-state index contributed by atoms with van der Waals surface area (Å²) in [6, 6.07) is 0. The Morgan fingerprint density at radius 3 is 3.00 bits per heavy atom. The topological polar surface area (TPSA) is 21.6 Å². The van der Waals surface area contributed by atoms with E-state index >= 15 is 0 Å². The molecule has 0 unspecified atom stereocenters. The molecule has 0 aliphatic carbocycles. The average Bonchev–Trinajstić information content (AvgIpc) is 1.86. The summed E-state index contributed by atoms with van der Waals surface area (Å²) in [6.45, 7) is 1.99. The average molecular weight is 85.1 g/mol. The van der Waals surface area contributed by atoms with Gasteiger partial charge in [-0.2, -0.15) is 0 Å². The van der Waals surface area contributed by atoms with Crippen molar-refractivity contribution < 1.29 is 4.84 Å². The van der Waals surface area contributed by atoms with Crippen LogP contribution in [0.15, 0.2) is 5.16 Å². The molecule has 0 bridgehead atoms. The first kappa shape index (κ1) is 3.65. The van der Waals surface area contributed by atoms with Crippen molar-refractivity contribution in [1.82, 2.24) is 0 Å². The van der Waals surface area contributed by atoms with Crippen LogP contribution in [0.4, 0.5) is 0 Å². The molecule has 34 valence electrons. The smallest absolute Gasteiger partial charge is 0.129 e. The quantitative estimate of drug-likeness (QED) is 0.426. The van der Waals surface area contributed by atoms with Gasteiger partial charge in [0.1, 0.15) is 6.10 Å². The number of nitrogens with zero attached hydrogens (tertiary/aromatic N) is 1. The Bertz CT molecular complexity index is 61.9. The molecule has 2 nitrogen and oxygen atoms in total. The molecule has 1 aliphatic heterocycles. The van der Waals surface area contributed by atoms with Gasteiger partial charge in [-0.15, -0.1) is 0 Å². The summed E-state index contributed by atoms with van der Waals surface area (Å²) >= 11 is 0. The summed E-state index contributed by atoms with van der Waals surface area (Å²) in [6.07, 6.45) is 3.08. The van der Waals surface area contributed by atoms with Crippen molar-refractivity contribution >= 4 is 6.21 Å². The van der Waals surface area contributed by atoms with E-state index in [1.165, 1.54) is 0 Å². The van der Waals surface area contributed by atoms with Crippen LogP contribution in [0, 0.1) is 0 Å². The Kier molecular flexibility index (Phi) is 0.783. The molecule has 0 radical (unpaired) electrons. The Morgan fingerprint density at radius 1 is 2.00 bits per heavy atom. The van der Waals surface area contributed by atoms with Crippen LogP contribution < -0.4 is 0 Å². The molecule has 0 N–H and O–H groups in total. The van der Waals surface area contributed by atoms with Crippen LogP contribution in [0.2, 0.25) is 0 Å². The molecular formula is C4H7NO. The molecule has 0 aromatic carbocycles. The van der Waals surface area contributed by atoms with Gasteiger partial charge in [0.15, 0.2) is 0 Å². The lowest BCUT2D eigenvalue weighted by molar-refractivity contribution is 0.0996. The highest BCUT2D eigenvalue weighted by Gasteiger charge is 2.02. The van der Waals surface area contributed by atoms with Crippen LogP contribution in [-0.4, -0.2) is 12.3 Å². The summed E-state index contributed by atoms with van der Waals surface area (Å²) in [5.74, 6) is 0. The van der Waals surface area contributed by atoms with Crippen molar-refractivity contribution in [2.75, 3.05) is 0 Å². The zero-order valence-electron chi connectivity index (χ0n) is 3.72. The number of oxime groups is 1. The van der Waals surface area contributed by atoms with Crippen molar-refractivity contribution in [3.8, 4) is 0 Å². The van der Waals surface area contributed by atoms with E-state index in [1.54, 1.807) is 6.21 Å². The van der Waals surface area contributed by atoms with E-state index in [0.29, 0.717) is 6.10 Å². The van der Waals surface area contributed by atoms with Crippen LogP contribution in [0.5, 0.6) is 0 Å². The SMILES string of the molecule is C[C@@H]1CC=NO1. The summed E-state index contributed by atoms with van der Waals surface area (Å²) in [4.78, 5) is 4.72. The Labute approximate surface area is 36.8 Å². The maximum atomic E-state index is 4.72. The zero-order valence-corrected chi connectivity index (χ0v) is 3.72. The number of hydrogen-bond acceptors (Lipinski definition) is 2. The van der Waals surface area contributed by atoms with Gasteiger partial charge in [-0.1, -0.05) is 5.16 Å². The molecule has 0 saturated carbocycles. The van der Waals surface area contributed by atoms with Crippen molar-refractivity contribution in [1.29, 1.82) is 0 Å². The fourth-order valence-corrected chi connectivity index (χ4v) is 0.381. The first-order valence-electron chi connectivity index (χ1n) is 2.07. The van der Waals surface area contributed by atoms with Crippen molar-refractivity contribution in [2.24, 2.45) is 5.16 Å². The lowest BCUT2D eigenvalue weighted by atomic mass is 10.3. The highest BCUT2D eigenvalue weighted by atomic mass is 16.6. The second-order valence-corrected chi connectivity index (χ2v) is 1.44. The molecule has 1 aliphatic rings. The molecule has 0 amide bonds. The molecule has 6 heavy (non-hydrogen) atoms. The first-order valence-corrected chi connectivity index (χ1v) is 2.07. The van der Waals surface area contributed by atoms with E-state index in [4.69, 9.17) is 4.84 Å². The van der Waals surface area contributed by atoms with E-state index in [-0.39, 0.29) is 0 Å². The molecule has 0 aromatic heterocycles. The summed E-state index contributed by atoms with van der Waals surface area (Å²) < 4.78 is 0. The van der Waals surface area contributed by atoms with Gasteiger partial charge < -0.3 is 4.84 Å². The van der Waals surface area contributed by atoms with Gasteiger partial charge >= 0.3 is 0 Å². The minimum Gasteiger partial charge on any atom is -0.393 e. The fourth-order valence-electron chi connectivity index (χ4n) is 0.381. The lowest BCUT2D eigenvalue weighted by Gasteiger charge is -1.93. The third-order valence-electron chi connectivity index (χ3n) is 0.753. The minimum absolute atomic E-state index is 0.324. The van der Waals surface area contributed by atoms with E-state index in [9.17, 15) is 0 Å². The number of hydrogen-bond donors (Lipinski definition) is 0. The van der Waals surface area contributed by atoms with Crippen LogP contribution in [0.1, 0.15) is 13.3 Å². The van der Waals surface area contributed by atoms with Crippen molar-refractivity contribution in [3.05, 3.63) is 0 Å². The van der Waals surface area contributed by atoms with Crippen LogP contribution in [0.3, 0.4) is 0 Å². The maximum Gasteiger partial charge on any atom is 0.129 e. The zero-order chi connectivity index (χ0) is 4.41. The van der Waals surface area contributed by atoms with Gasteiger partial charge in [0.2, 0.25) is 0 Å². The lowest BCUT2D eigenvalue weighted by Crippen LogP contribution is -1.94. The Hall–Kier alpha value is -0.530.